The monoisotopic (exact) mass is 223 g/mol. The molecule has 3 heteroatoms. The number of carboxylic acid groups (broad SMARTS) is 1. The van der Waals surface area contributed by atoms with Gasteiger partial charge in [0.2, 0.25) is 0 Å². The number of nitriles is 1. The molecule has 82 valence electrons. The van der Waals surface area contributed by atoms with Gasteiger partial charge in [0.1, 0.15) is 0 Å². The maximum Gasteiger partial charge on any atom is 0.328 e. The van der Waals surface area contributed by atoms with Crippen LogP contribution in [0.3, 0.4) is 0 Å². The fraction of sp³-hybridized carbons (Fsp3) is 0. The highest BCUT2D eigenvalue weighted by atomic mass is 16.4. The smallest absolute Gasteiger partial charge is 0.328 e. The van der Waals surface area contributed by atoms with Gasteiger partial charge in [-0.2, -0.15) is 5.26 Å². The van der Waals surface area contributed by atoms with Crippen molar-refractivity contribution in [3.8, 4) is 6.07 Å². The predicted octanol–water partition coefficient (Wildman–Crippen LogP) is 2.81. The first kappa shape index (κ1) is 10.9. The number of aliphatic carboxylic acids is 1. The average Bonchev–Trinajstić information content (AvgIpc) is 2.35. The number of carbonyl (C=O) groups is 1. The molecule has 0 aromatic heterocycles. The minimum Gasteiger partial charge on any atom is -0.478 e. The Morgan fingerprint density at radius 2 is 2.00 bits per heavy atom. The quantitative estimate of drug-likeness (QED) is 0.796. The van der Waals surface area contributed by atoms with E-state index >= 15 is 0 Å². The molecule has 0 heterocycles. The third kappa shape index (κ3) is 2.16. The summed E-state index contributed by atoms with van der Waals surface area (Å²) in [5, 5.41) is 19.5. The highest BCUT2D eigenvalue weighted by Gasteiger charge is 2.04. The third-order valence-corrected chi connectivity index (χ3v) is 2.48. The molecule has 1 N–H and O–H groups in total. The lowest BCUT2D eigenvalue weighted by molar-refractivity contribution is -0.131. The van der Waals surface area contributed by atoms with Crippen molar-refractivity contribution in [2.75, 3.05) is 0 Å². The lowest BCUT2D eigenvalue weighted by atomic mass is 9.99. The van der Waals surface area contributed by atoms with Crippen LogP contribution in [-0.2, 0) is 4.79 Å². The first-order chi connectivity index (χ1) is 8.22. The normalized spacial score (nSPS) is 10.5. The second-order valence-corrected chi connectivity index (χ2v) is 3.53. The van der Waals surface area contributed by atoms with Crippen LogP contribution in [-0.4, -0.2) is 11.1 Å². The van der Waals surface area contributed by atoms with E-state index in [9.17, 15) is 4.79 Å². The number of fused-ring (bicyclic) bond motifs is 1. The van der Waals surface area contributed by atoms with E-state index in [2.05, 4.69) is 6.07 Å². The van der Waals surface area contributed by atoms with Crippen LogP contribution in [0.25, 0.3) is 16.8 Å². The molecule has 0 aliphatic heterocycles. The molecule has 0 fully saturated rings. The van der Waals surface area contributed by atoms with E-state index in [1.807, 2.05) is 30.3 Å². The van der Waals surface area contributed by atoms with Gasteiger partial charge in [-0.25, -0.2) is 4.79 Å². The molecule has 0 aliphatic rings. The van der Waals surface area contributed by atoms with Crippen LogP contribution in [0.1, 0.15) is 11.1 Å². The van der Waals surface area contributed by atoms with E-state index in [4.69, 9.17) is 10.4 Å². The SMILES string of the molecule is N#Cc1ccc2ccccc2c1/C=C\C(=O)O. The van der Waals surface area contributed by atoms with Crippen LogP contribution in [0.5, 0.6) is 0 Å². The molecule has 17 heavy (non-hydrogen) atoms. The molecule has 0 radical (unpaired) electrons. The first-order valence-corrected chi connectivity index (χ1v) is 5.05. The van der Waals surface area contributed by atoms with Crippen molar-refractivity contribution < 1.29 is 9.90 Å². The van der Waals surface area contributed by atoms with Gasteiger partial charge in [-0.15, -0.1) is 0 Å². The largest absolute Gasteiger partial charge is 0.478 e. The summed E-state index contributed by atoms with van der Waals surface area (Å²) in [7, 11) is 0. The second-order valence-electron chi connectivity index (χ2n) is 3.53. The Labute approximate surface area is 98.2 Å². The predicted molar refractivity (Wildman–Crippen MR) is 65.3 cm³/mol. The fourth-order valence-corrected chi connectivity index (χ4v) is 1.73. The van der Waals surface area contributed by atoms with Crippen molar-refractivity contribution in [3.63, 3.8) is 0 Å². The molecule has 3 nitrogen and oxygen atoms in total. The zero-order valence-corrected chi connectivity index (χ0v) is 8.92. The molecular weight excluding hydrogens is 214 g/mol. The number of nitrogens with zero attached hydrogens (tertiary/aromatic N) is 1. The van der Waals surface area contributed by atoms with Crippen LogP contribution >= 0.6 is 0 Å². The van der Waals surface area contributed by atoms with Crippen molar-refractivity contribution in [3.05, 3.63) is 53.6 Å². The Kier molecular flexibility index (Phi) is 2.89. The summed E-state index contributed by atoms with van der Waals surface area (Å²) >= 11 is 0. The van der Waals surface area contributed by atoms with Crippen molar-refractivity contribution in [1.29, 1.82) is 5.26 Å². The Morgan fingerprint density at radius 1 is 1.24 bits per heavy atom. The van der Waals surface area contributed by atoms with Crippen molar-refractivity contribution in [2.24, 2.45) is 0 Å². The van der Waals surface area contributed by atoms with Gasteiger partial charge < -0.3 is 5.11 Å². The minimum atomic E-state index is -1.03. The minimum absolute atomic E-state index is 0.473. The summed E-state index contributed by atoms with van der Waals surface area (Å²) < 4.78 is 0. The summed E-state index contributed by atoms with van der Waals surface area (Å²) in [6.45, 7) is 0. The summed E-state index contributed by atoms with van der Waals surface area (Å²) in [6.07, 6.45) is 2.51. The molecule has 0 spiro atoms. The molecule has 2 rings (SSSR count). The second kappa shape index (κ2) is 4.50. The van der Waals surface area contributed by atoms with Crippen LogP contribution in [0.4, 0.5) is 0 Å². The summed E-state index contributed by atoms with van der Waals surface area (Å²) in [4.78, 5) is 10.5. The molecule has 0 bridgehead atoms. The molecular formula is C14H9NO2. The van der Waals surface area contributed by atoms with E-state index in [0.717, 1.165) is 16.8 Å². The van der Waals surface area contributed by atoms with Crippen LogP contribution < -0.4 is 0 Å². The first-order valence-electron chi connectivity index (χ1n) is 5.05. The Balaban J connectivity index is 2.72. The highest BCUT2D eigenvalue weighted by molar-refractivity contribution is 5.96. The van der Waals surface area contributed by atoms with Gasteiger partial charge in [0, 0.05) is 11.6 Å². The Hall–Kier alpha value is -2.60. The number of rotatable bonds is 2. The van der Waals surface area contributed by atoms with Crippen LogP contribution in [0, 0.1) is 11.3 Å². The molecule has 2 aromatic carbocycles. The zero-order valence-electron chi connectivity index (χ0n) is 8.92. The van der Waals surface area contributed by atoms with Gasteiger partial charge in [-0.1, -0.05) is 30.3 Å². The standard InChI is InChI=1S/C14H9NO2/c15-9-11-6-5-10-3-1-2-4-12(10)13(11)7-8-14(16)17/h1-8H,(H,16,17)/b8-7-. The molecule has 0 saturated carbocycles. The molecule has 0 unspecified atom stereocenters. The van der Waals surface area contributed by atoms with Gasteiger partial charge in [-0.05, 0) is 22.9 Å². The van der Waals surface area contributed by atoms with Gasteiger partial charge in [0.15, 0.2) is 0 Å². The lowest BCUT2D eigenvalue weighted by Crippen LogP contribution is -1.89. The number of benzene rings is 2. The van der Waals surface area contributed by atoms with Crippen LogP contribution in [0.15, 0.2) is 42.5 Å². The maximum atomic E-state index is 10.5. The van der Waals surface area contributed by atoms with Crippen LogP contribution in [0.2, 0.25) is 0 Å². The van der Waals surface area contributed by atoms with Crippen molar-refractivity contribution in [1.82, 2.24) is 0 Å². The number of carboxylic acids is 1. The van der Waals surface area contributed by atoms with Gasteiger partial charge >= 0.3 is 5.97 Å². The third-order valence-electron chi connectivity index (χ3n) is 2.48. The summed E-state index contributed by atoms with van der Waals surface area (Å²) in [5.41, 5.74) is 1.12. The van der Waals surface area contributed by atoms with E-state index in [1.54, 1.807) is 6.07 Å². The maximum absolute atomic E-state index is 10.5. The van der Waals surface area contributed by atoms with Gasteiger partial charge in [0.05, 0.1) is 11.6 Å². The zero-order chi connectivity index (χ0) is 12.3. The summed E-state index contributed by atoms with van der Waals surface area (Å²) in [6, 6.07) is 13.2. The molecule has 0 amide bonds. The van der Waals surface area contributed by atoms with E-state index in [-0.39, 0.29) is 0 Å². The number of hydrogen-bond donors (Lipinski definition) is 1. The topological polar surface area (TPSA) is 61.1 Å². The molecule has 0 atom stereocenters. The average molecular weight is 223 g/mol. The van der Waals surface area contributed by atoms with Gasteiger partial charge in [-0.3, -0.25) is 0 Å². The van der Waals surface area contributed by atoms with E-state index in [1.165, 1.54) is 6.08 Å². The number of hydrogen-bond acceptors (Lipinski definition) is 2. The molecule has 2 aromatic rings. The van der Waals surface area contributed by atoms with Crippen molar-refractivity contribution in [2.45, 2.75) is 0 Å². The van der Waals surface area contributed by atoms with Crippen molar-refractivity contribution >= 4 is 22.8 Å². The Bertz CT molecular complexity index is 651. The van der Waals surface area contributed by atoms with E-state index in [0.29, 0.717) is 11.1 Å². The molecule has 0 saturated heterocycles. The highest BCUT2D eigenvalue weighted by Crippen LogP contribution is 2.23. The fourth-order valence-electron chi connectivity index (χ4n) is 1.73. The molecule has 0 aliphatic carbocycles. The summed E-state index contributed by atoms with van der Waals surface area (Å²) in [5.74, 6) is -1.03. The Morgan fingerprint density at radius 3 is 2.71 bits per heavy atom. The van der Waals surface area contributed by atoms with Gasteiger partial charge in [0.25, 0.3) is 0 Å². The van der Waals surface area contributed by atoms with E-state index < -0.39 is 5.97 Å². The lowest BCUT2D eigenvalue weighted by Gasteiger charge is -2.04.